The molecule has 0 aliphatic carbocycles. The summed E-state index contributed by atoms with van der Waals surface area (Å²) in [6.45, 7) is 0. The number of para-hydroxylation sites is 2. The Balaban J connectivity index is 1.70. The Morgan fingerprint density at radius 2 is 1.96 bits per heavy atom. The van der Waals surface area contributed by atoms with E-state index in [9.17, 15) is 9.18 Å². The Morgan fingerprint density at radius 3 is 2.75 bits per heavy atom. The molecule has 4 aromatic rings. The molecule has 0 saturated carbocycles. The van der Waals surface area contributed by atoms with E-state index < -0.39 is 0 Å². The van der Waals surface area contributed by atoms with Crippen LogP contribution < -0.4 is 10.3 Å². The molecule has 2 heterocycles. The molecule has 0 saturated heterocycles. The van der Waals surface area contributed by atoms with Crippen molar-refractivity contribution in [2.24, 2.45) is 0 Å². The van der Waals surface area contributed by atoms with E-state index >= 15 is 0 Å². The van der Waals surface area contributed by atoms with Crippen molar-refractivity contribution in [3.63, 3.8) is 0 Å². The highest BCUT2D eigenvalue weighted by molar-refractivity contribution is 7.98. The highest BCUT2D eigenvalue weighted by Gasteiger charge is 2.15. The van der Waals surface area contributed by atoms with Gasteiger partial charge in [0.25, 0.3) is 0 Å². The zero-order valence-corrected chi connectivity index (χ0v) is 16.2. The molecular weight excluding hydrogens is 403 g/mol. The molecule has 2 aromatic carbocycles. The van der Waals surface area contributed by atoms with E-state index in [0.29, 0.717) is 27.2 Å². The lowest BCUT2D eigenvalue weighted by Crippen LogP contribution is -2.20. The number of hydrogen-bond acceptors (Lipinski definition) is 5. The Hall–Kier alpha value is -2.84. The standard InChI is InChI=1S/C19H14ClFN4O2S/c1-27-16-8-3-2-7-15(16)24-9-10-25-17(18(24)26)22-23-19(25)28-11-12-13(20)5-4-6-14(12)21/h2-10H,11H2,1H3. The fraction of sp³-hybridized carbons (Fsp3) is 0.105. The number of benzene rings is 2. The van der Waals surface area contributed by atoms with E-state index in [1.165, 1.54) is 22.4 Å². The normalized spacial score (nSPS) is 11.1. The molecule has 9 heteroatoms. The number of aromatic nitrogens is 4. The van der Waals surface area contributed by atoms with Gasteiger partial charge < -0.3 is 4.74 Å². The lowest BCUT2D eigenvalue weighted by atomic mass is 10.2. The fourth-order valence-electron chi connectivity index (χ4n) is 2.79. The number of thioether (sulfide) groups is 1. The molecule has 0 atom stereocenters. The Kier molecular flexibility index (Phi) is 5.06. The van der Waals surface area contributed by atoms with Gasteiger partial charge in [0.2, 0.25) is 5.65 Å². The van der Waals surface area contributed by atoms with Gasteiger partial charge in [0.15, 0.2) is 5.16 Å². The van der Waals surface area contributed by atoms with E-state index in [1.807, 2.05) is 12.1 Å². The summed E-state index contributed by atoms with van der Waals surface area (Å²) in [6, 6.07) is 11.7. The molecule has 0 amide bonds. The van der Waals surface area contributed by atoms with Crippen LogP contribution in [0.25, 0.3) is 11.3 Å². The molecule has 0 fully saturated rings. The number of nitrogens with zero attached hydrogens (tertiary/aromatic N) is 4. The van der Waals surface area contributed by atoms with E-state index in [0.717, 1.165) is 0 Å². The van der Waals surface area contributed by atoms with Crippen molar-refractivity contribution < 1.29 is 9.13 Å². The Labute approximate surface area is 168 Å². The average Bonchev–Trinajstić information content (AvgIpc) is 3.12. The fourth-order valence-corrected chi connectivity index (χ4v) is 4.05. The number of halogens is 2. The third-order valence-electron chi connectivity index (χ3n) is 4.19. The molecule has 0 bridgehead atoms. The first-order chi connectivity index (χ1) is 13.6. The summed E-state index contributed by atoms with van der Waals surface area (Å²) in [7, 11) is 1.54. The van der Waals surface area contributed by atoms with E-state index in [1.54, 1.807) is 48.2 Å². The molecule has 0 spiro atoms. The maximum absolute atomic E-state index is 14.0. The summed E-state index contributed by atoms with van der Waals surface area (Å²) in [4.78, 5) is 12.9. The van der Waals surface area contributed by atoms with E-state index in [4.69, 9.17) is 16.3 Å². The second kappa shape index (κ2) is 7.65. The van der Waals surface area contributed by atoms with Gasteiger partial charge in [-0.2, -0.15) is 0 Å². The molecule has 28 heavy (non-hydrogen) atoms. The summed E-state index contributed by atoms with van der Waals surface area (Å²) in [5.74, 6) is 0.451. The van der Waals surface area contributed by atoms with Gasteiger partial charge >= 0.3 is 5.56 Å². The van der Waals surface area contributed by atoms with Crippen molar-refractivity contribution in [2.75, 3.05) is 7.11 Å². The molecule has 2 aromatic heterocycles. The van der Waals surface area contributed by atoms with Gasteiger partial charge in [-0.05, 0) is 24.3 Å². The van der Waals surface area contributed by atoms with Crippen LogP contribution >= 0.6 is 23.4 Å². The zero-order chi connectivity index (χ0) is 19.7. The molecule has 4 rings (SSSR count). The van der Waals surface area contributed by atoms with Crippen molar-refractivity contribution in [3.05, 3.63) is 81.6 Å². The van der Waals surface area contributed by atoms with Gasteiger partial charge in [0.05, 0.1) is 12.8 Å². The summed E-state index contributed by atoms with van der Waals surface area (Å²) in [6.07, 6.45) is 3.31. The quantitative estimate of drug-likeness (QED) is 0.461. The van der Waals surface area contributed by atoms with Crippen LogP contribution in [-0.4, -0.2) is 26.3 Å². The second-order valence-electron chi connectivity index (χ2n) is 5.81. The van der Waals surface area contributed by atoms with Crippen LogP contribution in [0.3, 0.4) is 0 Å². The molecular formula is C19H14ClFN4O2S. The van der Waals surface area contributed by atoms with Gasteiger partial charge in [-0.25, -0.2) is 4.39 Å². The minimum atomic E-state index is -0.382. The van der Waals surface area contributed by atoms with Crippen molar-refractivity contribution in [1.82, 2.24) is 19.2 Å². The minimum Gasteiger partial charge on any atom is -0.495 e. The third-order valence-corrected chi connectivity index (χ3v) is 5.52. The zero-order valence-electron chi connectivity index (χ0n) is 14.7. The van der Waals surface area contributed by atoms with Crippen molar-refractivity contribution in [3.8, 4) is 11.4 Å². The average molecular weight is 417 g/mol. The van der Waals surface area contributed by atoms with Gasteiger partial charge in [0, 0.05) is 28.7 Å². The highest BCUT2D eigenvalue weighted by atomic mass is 35.5. The molecule has 0 aliphatic heterocycles. The summed E-state index contributed by atoms with van der Waals surface area (Å²) >= 11 is 7.32. The molecule has 0 unspecified atom stereocenters. The number of fused-ring (bicyclic) bond motifs is 1. The predicted molar refractivity (Wildman–Crippen MR) is 106 cm³/mol. The number of methoxy groups -OCH3 is 1. The second-order valence-corrected chi connectivity index (χ2v) is 7.16. The SMILES string of the molecule is COc1ccccc1-n1ccn2c(SCc3c(F)cccc3Cl)nnc2c1=O. The monoisotopic (exact) mass is 416 g/mol. The number of rotatable bonds is 5. The summed E-state index contributed by atoms with van der Waals surface area (Å²) in [5, 5.41) is 8.90. The van der Waals surface area contributed by atoms with Crippen LogP contribution in [-0.2, 0) is 5.75 Å². The first-order valence-corrected chi connectivity index (χ1v) is 9.62. The topological polar surface area (TPSA) is 61.4 Å². The Morgan fingerprint density at radius 1 is 1.14 bits per heavy atom. The van der Waals surface area contributed by atoms with Crippen LogP contribution in [0.2, 0.25) is 5.02 Å². The van der Waals surface area contributed by atoms with Crippen LogP contribution in [0.1, 0.15) is 5.56 Å². The smallest absolute Gasteiger partial charge is 0.300 e. The molecule has 0 aliphatic rings. The van der Waals surface area contributed by atoms with Crippen molar-refractivity contribution in [2.45, 2.75) is 10.9 Å². The maximum Gasteiger partial charge on any atom is 0.300 e. The van der Waals surface area contributed by atoms with Crippen LogP contribution in [0.4, 0.5) is 4.39 Å². The minimum absolute atomic E-state index is 0.163. The summed E-state index contributed by atoms with van der Waals surface area (Å²) in [5.41, 5.74) is 0.812. The number of hydrogen-bond donors (Lipinski definition) is 0. The summed E-state index contributed by atoms with van der Waals surface area (Å²) < 4.78 is 22.3. The highest BCUT2D eigenvalue weighted by Crippen LogP contribution is 2.28. The van der Waals surface area contributed by atoms with Gasteiger partial charge in [-0.1, -0.05) is 41.6 Å². The predicted octanol–water partition coefficient (Wildman–Crippen LogP) is 3.97. The molecule has 0 radical (unpaired) electrons. The number of ether oxygens (including phenoxy) is 1. The first kappa shape index (κ1) is 18.5. The van der Waals surface area contributed by atoms with E-state index in [2.05, 4.69) is 10.2 Å². The van der Waals surface area contributed by atoms with Gasteiger partial charge in [0.1, 0.15) is 11.6 Å². The molecule has 0 N–H and O–H groups in total. The first-order valence-electron chi connectivity index (χ1n) is 8.25. The lowest BCUT2D eigenvalue weighted by Gasteiger charge is -2.10. The van der Waals surface area contributed by atoms with Crippen LogP contribution in [0, 0.1) is 5.82 Å². The lowest BCUT2D eigenvalue weighted by molar-refractivity contribution is 0.412. The molecule has 6 nitrogen and oxygen atoms in total. The largest absolute Gasteiger partial charge is 0.495 e. The Bertz CT molecular complexity index is 1200. The van der Waals surface area contributed by atoms with Gasteiger partial charge in [-0.15, -0.1) is 10.2 Å². The van der Waals surface area contributed by atoms with E-state index in [-0.39, 0.29) is 22.8 Å². The van der Waals surface area contributed by atoms with Crippen molar-refractivity contribution in [1.29, 1.82) is 0 Å². The van der Waals surface area contributed by atoms with Crippen molar-refractivity contribution >= 4 is 29.0 Å². The third kappa shape index (κ3) is 3.25. The van der Waals surface area contributed by atoms with Gasteiger partial charge in [-0.3, -0.25) is 13.8 Å². The molecule has 142 valence electrons. The van der Waals surface area contributed by atoms with Crippen LogP contribution in [0.5, 0.6) is 5.75 Å². The van der Waals surface area contributed by atoms with Crippen LogP contribution in [0.15, 0.2) is 64.8 Å². The maximum atomic E-state index is 14.0.